The Labute approximate surface area is 122 Å². The number of aromatic nitrogens is 2. The zero-order chi connectivity index (χ0) is 13.9. The fraction of sp³-hybridized carbons (Fsp3) is 0.750. The SMILES string of the molecule is CCNc1cc(C)nc(CN2CCCC3CCCC32)n1. The minimum atomic E-state index is 0.787. The molecule has 2 heterocycles. The minimum absolute atomic E-state index is 0.787. The Morgan fingerprint density at radius 2 is 2.10 bits per heavy atom. The highest BCUT2D eigenvalue weighted by molar-refractivity contribution is 5.35. The van der Waals surface area contributed by atoms with Gasteiger partial charge in [-0.3, -0.25) is 4.90 Å². The molecule has 0 aromatic carbocycles. The van der Waals surface area contributed by atoms with Crippen LogP contribution in [0.3, 0.4) is 0 Å². The summed E-state index contributed by atoms with van der Waals surface area (Å²) in [7, 11) is 0. The molecular weight excluding hydrogens is 248 g/mol. The average Bonchev–Trinajstić information content (AvgIpc) is 2.88. The maximum Gasteiger partial charge on any atom is 0.144 e. The van der Waals surface area contributed by atoms with Crippen molar-refractivity contribution < 1.29 is 0 Å². The third-order valence-electron chi connectivity index (χ3n) is 4.71. The number of likely N-dealkylation sites (tertiary alicyclic amines) is 1. The minimum Gasteiger partial charge on any atom is -0.370 e. The van der Waals surface area contributed by atoms with Gasteiger partial charge in [-0.2, -0.15) is 0 Å². The molecule has 2 fully saturated rings. The number of aryl methyl sites for hydroxylation is 1. The van der Waals surface area contributed by atoms with Crippen molar-refractivity contribution in [3.8, 4) is 0 Å². The van der Waals surface area contributed by atoms with Gasteiger partial charge in [0.05, 0.1) is 6.54 Å². The Balaban J connectivity index is 1.73. The first-order valence-electron chi connectivity index (χ1n) is 8.08. The number of nitrogens with zero attached hydrogens (tertiary/aromatic N) is 3. The molecule has 4 nitrogen and oxygen atoms in total. The van der Waals surface area contributed by atoms with Crippen LogP contribution in [0.25, 0.3) is 0 Å². The molecule has 0 radical (unpaired) electrons. The maximum absolute atomic E-state index is 4.67. The number of nitrogens with one attached hydrogen (secondary N) is 1. The molecule has 4 heteroatoms. The number of hydrogen-bond donors (Lipinski definition) is 1. The largest absolute Gasteiger partial charge is 0.370 e. The standard InChI is InChI=1S/C16H26N4/c1-3-17-15-10-12(2)18-16(19-15)11-20-9-5-7-13-6-4-8-14(13)20/h10,13-14H,3-9,11H2,1-2H3,(H,17,18,19). The highest BCUT2D eigenvalue weighted by Gasteiger charge is 2.35. The summed E-state index contributed by atoms with van der Waals surface area (Å²) in [6.07, 6.45) is 6.98. The van der Waals surface area contributed by atoms with E-state index in [9.17, 15) is 0 Å². The summed E-state index contributed by atoms with van der Waals surface area (Å²) in [5, 5.41) is 3.30. The fourth-order valence-corrected chi connectivity index (χ4v) is 3.91. The Bertz CT molecular complexity index is 460. The van der Waals surface area contributed by atoms with Crippen LogP contribution in [0.4, 0.5) is 5.82 Å². The zero-order valence-corrected chi connectivity index (χ0v) is 12.7. The second kappa shape index (κ2) is 6.08. The van der Waals surface area contributed by atoms with Crippen molar-refractivity contribution >= 4 is 5.82 Å². The lowest BCUT2D eigenvalue weighted by Crippen LogP contribution is -2.42. The van der Waals surface area contributed by atoms with Crippen LogP contribution < -0.4 is 5.32 Å². The molecule has 0 spiro atoms. The van der Waals surface area contributed by atoms with Crippen LogP contribution in [0.1, 0.15) is 50.5 Å². The lowest BCUT2D eigenvalue weighted by molar-refractivity contribution is 0.103. The number of rotatable bonds is 4. The molecule has 1 aliphatic heterocycles. The molecule has 1 aliphatic carbocycles. The van der Waals surface area contributed by atoms with Crippen LogP contribution >= 0.6 is 0 Å². The molecule has 1 saturated heterocycles. The second-order valence-electron chi connectivity index (χ2n) is 6.21. The first kappa shape index (κ1) is 13.8. The molecule has 2 atom stereocenters. The van der Waals surface area contributed by atoms with Gasteiger partial charge in [0.1, 0.15) is 11.6 Å². The van der Waals surface area contributed by atoms with Crippen molar-refractivity contribution in [2.75, 3.05) is 18.4 Å². The smallest absolute Gasteiger partial charge is 0.144 e. The van der Waals surface area contributed by atoms with Crippen molar-refractivity contribution in [2.24, 2.45) is 5.92 Å². The maximum atomic E-state index is 4.67. The van der Waals surface area contributed by atoms with Crippen molar-refractivity contribution in [1.82, 2.24) is 14.9 Å². The van der Waals surface area contributed by atoms with Crippen LogP contribution in [0, 0.1) is 12.8 Å². The number of piperidine rings is 1. The summed E-state index contributed by atoms with van der Waals surface area (Å²) in [5.74, 6) is 2.88. The summed E-state index contributed by atoms with van der Waals surface area (Å²) in [6.45, 7) is 7.20. The Morgan fingerprint density at radius 1 is 1.25 bits per heavy atom. The summed E-state index contributed by atoms with van der Waals surface area (Å²) in [5.41, 5.74) is 1.06. The molecule has 1 saturated carbocycles. The molecule has 1 aromatic heterocycles. The Hall–Kier alpha value is -1.16. The molecule has 2 unspecified atom stereocenters. The van der Waals surface area contributed by atoms with Crippen LogP contribution in [0.2, 0.25) is 0 Å². The number of fused-ring (bicyclic) bond motifs is 1. The lowest BCUT2D eigenvalue weighted by Gasteiger charge is -2.37. The predicted octanol–water partition coefficient (Wildman–Crippen LogP) is 2.98. The van der Waals surface area contributed by atoms with Gasteiger partial charge >= 0.3 is 0 Å². The van der Waals surface area contributed by atoms with E-state index < -0.39 is 0 Å². The highest BCUT2D eigenvalue weighted by Crippen LogP contribution is 2.37. The normalized spacial score (nSPS) is 26.5. The second-order valence-corrected chi connectivity index (χ2v) is 6.21. The van der Waals surface area contributed by atoms with Gasteiger partial charge in [0.15, 0.2) is 0 Å². The van der Waals surface area contributed by atoms with E-state index in [2.05, 4.69) is 34.0 Å². The molecule has 1 N–H and O–H groups in total. The molecule has 110 valence electrons. The zero-order valence-electron chi connectivity index (χ0n) is 12.7. The quantitative estimate of drug-likeness (QED) is 0.916. The third kappa shape index (κ3) is 2.95. The van der Waals surface area contributed by atoms with Gasteiger partial charge in [0.25, 0.3) is 0 Å². The van der Waals surface area contributed by atoms with Gasteiger partial charge in [-0.15, -0.1) is 0 Å². The van der Waals surface area contributed by atoms with E-state index in [0.29, 0.717) is 0 Å². The average molecular weight is 274 g/mol. The summed E-state index contributed by atoms with van der Waals surface area (Å²) < 4.78 is 0. The third-order valence-corrected chi connectivity index (χ3v) is 4.71. The van der Waals surface area contributed by atoms with E-state index in [4.69, 9.17) is 0 Å². The van der Waals surface area contributed by atoms with Crippen LogP contribution in [-0.2, 0) is 6.54 Å². The van der Waals surface area contributed by atoms with Gasteiger partial charge in [0, 0.05) is 24.3 Å². The first-order chi connectivity index (χ1) is 9.76. The van der Waals surface area contributed by atoms with E-state index in [-0.39, 0.29) is 0 Å². The van der Waals surface area contributed by atoms with Gasteiger partial charge in [-0.05, 0) is 52.0 Å². The topological polar surface area (TPSA) is 41.1 Å². The van der Waals surface area contributed by atoms with Gasteiger partial charge < -0.3 is 5.32 Å². The van der Waals surface area contributed by atoms with E-state index in [1.54, 1.807) is 0 Å². The first-order valence-corrected chi connectivity index (χ1v) is 8.08. The van der Waals surface area contributed by atoms with Crippen molar-refractivity contribution in [2.45, 2.75) is 58.5 Å². The highest BCUT2D eigenvalue weighted by atomic mass is 15.2. The molecular formula is C16H26N4. The summed E-state index contributed by atoms with van der Waals surface area (Å²) >= 11 is 0. The van der Waals surface area contributed by atoms with E-state index in [0.717, 1.165) is 42.4 Å². The molecule has 20 heavy (non-hydrogen) atoms. The van der Waals surface area contributed by atoms with Gasteiger partial charge in [-0.25, -0.2) is 9.97 Å². The van der Waals surface area contributed by atoms with Crippen LogP contribution in [0.15, 0.2) is 6.07 Å². The molecule has 0 bridgehead atoms. The monoisotopic (exact) mass is 274 g/mol. The van der Waals surface area contributed by atoms with Gasteiger partial charge in [0.2, 0.25) is 0 Å². The van der Waals surface area contributed by atoms with Crippen molar-refractivity contribution in [3.05, 3.63) is 17.6 Å². The van der Waals surface area contributed by atoms with E-state index in [1.165, 1.54) is 38.6 Å². The van der Waals surface area contributed by atoms with Crippen molar-refractivity contribution in [1.29, 1.82) is 0 Å². The Morgan fingerprint density at radius 3 is 2.95 bits per heavy atom. The number of anilines is 1. The molecule has 2 aliphatic rings. The van der Waals surface area contributed by atoms with Crippen LogP contribution in [0.5, 0.6) is 0 Å². The van der Waals surface area contributed by atoms with Crippen molar-refractivity contribution in [3.63, 3.8) is 0 Å². The van der Waals surface area contributed by atoms with E-state index >= 15 is 0 Å². The summed E-state index contributed by atoms with van der Waals surface area (Å²) in [6, 6.07) is 2.82. The molecule has 1 aromatic rings. The summed E-state index contributed by atoms with van der Waals surface area (Å²) in [4.78, 5) is 11.9. The molecule has 0 amide bonds. The fourth-order valence-electron chi connectivity index (χ4n) is 3.91. The van der Waals surface area contributed by atoms with Gasteiger partial charge in [-0.1, -0.05) is 6.42 Å². The Kier molecular flexibility index (Phi) is 4.20. The lowest BCUT2D eigenvalue weighted by atomic mass is 9.92. The molecule has 3 rings (SSSR count). The number of hydrogen-bond acceptors (Lipinski definition) is 4. The predicted molar refractivity (Wildman–Crippen MR) is 81.7 cm³/mol. The van der Waals surface area contributed by atoms with E-state index in [1.807, 2.05) is 6.07 Å². The van der Waals surface area contributed by atoms with Crippen LogP contribution in [-0.4, -0.2) is 34.0 Å².